The SMILES string of the molecule is CCCNc1ncc(Br)cc1S(=O)(=O)NC(C)CCOC. The summed E-state index contributed by atoms with van der Waals surface area (Å²) in [5.74, 6) is 0.367. The number of nitrogens with one attached hydrogen (secondary N) is 2. The van der Waals surface area contributed by atoms with Crippen molar-refractivity contribution < 1.29 is 13.2 Å². The van der Waals surface area contributed by atoms with Crippen LogP contribution >= 0.6 is 15.9 Å². The molecule has 0 aliphatic carbocycles. The highest BCUT2D eigenvalue weighted by Crippen LogP contribution is 2.23. The standard InChI is InChI=1S/C13H22BrN3O3S/c1-4-6-15-13-12(8-11(14)9-16-13)21(18,19)17-10(2)5-7-20-3/h8-10,17H,4-7H2,1-3H3,(H,15,16). The number of pyridine rings is 1. The quantitative estimate of drug-likeness (QED) is 0.688. The predicted octanol–water partition coefficient (Wildman–Crippen LogP) is 2.37. The van der Waals surface area contributed by atoms with Crippen molar-refractivity contribution in [2.24, 2.45) is 0 Å². The fourth-order valence-corrected chi connectivity index (χ4v) is 3.60. The number of anilines is 1. The lowest BCUT2D eigenvalue weighted by molar-refractivity contribution is 0.188. The van der Waals surface area contributed by atoms with E-state index in [0.717, 1.165) is 6.42 Å². The van der Waals surface area contributed by atoms with E-state index in [1.165, 1.54) is 0 Å². The first-order chi connectivity index (χ1) is 9.90. The van der Waals surface area contributed by atoms with Crippen LogP contribution in [0.2, 0.25) is 0 Å². The van der Waals surface area contributed by atoms with E-state index in [4.69, 9.17) is 4.74 Å². The van der Waals surface area contributed by atoms with Crippen LogP contribution in [0.4, 0.5) is 5.82 Å². The van der Waals surface area contributed by atoms with Crippen LogP contribution in [0.3, 0.4) is 0 Å². The zero-order chi connectivity index (χ0) is 15.9. The zero-order valence-electron chi connectivity index (χ0n) is 12.5. The summed E-state index contributed by atoms with van der Waals surface area (Å²) in [6.07, 6.45) is 3.06. The highest BCUT2D eigenvalue weighted by Gasteiger charge is 2.22. The molecule has 1 aromatic rings. The van der Waals surface area contributed by atoms with Gasteiger partial charge in [-0.3, -0.25) is 0 Å². The van der Waals surface area contributed by atoms with Gasteiger partial charge >= 0.3 is 0 Å². The fourth-order valence-electron chi connectivity index (χ4n) is 1.68. The number of ether oxygens (including phenoxy) is 1. The summed E-state index contributed by atoms with van der Waals surface area (Å²) >= 11 is 3.26. The number of aromatic nitrogens is 1. The molecule has 1 aromatic heterocycles. The van der Waals surface area contributed by atoms with Crippen LogP contribution in [0.1, 0.15) is 26.7 Å². The minimum atomic E-state index is -3.63. The summed E-state index contributed by atoms with van der Waals surface area (Å²) in [4.78, 5) is 4.30. The molecule has 1 atom stereocenters. The highest BCUT2D eigenvalue weighted by atomic mass is 79.9. The van der Waals surface area contributed by atoms with Crippen LogP contribution in [0.15, 0.2) is 21.6 Å². The molecule has 6 nitrogen and oxygen atoms in total. The number of methoxy groups -OCH3 is 1. The number of rotatable bonds is 9. The molecular weight excluding hydrogens is 358 g/mol. The first-order valence-electron chi connectivity index (χ1n) is 6.81. The van der Waals surface area contributed by atoms with Gasteiger partial charge in [0.1, 0.15) is 10.7 Å². The van der Waals surface area contributed by atoms with E-state index >= 15 is 0 Å². The Balaban J connectivity index is 2.97. The minimum absolute atomic E-state index is 0.148. The van der Waals surface area contributed by atoms with Gasteiger partial charge in [0, 0.05) is 37.0 Å². The van der Waals surface area contributed by atoms with Crippen molar-refractivity contribution in [2.75, 3.05) is 25.6 Å². The van der Waals surface area contributed by atoms with Gasteiger partial charge in [-0.05, 0) is 41.8 Å². The summed E-state index contributed by atoms with van der Waals surface area (Å²) in [7, 11) is -2.04. The summed E-state index contributed by atoms with van der Waals surface area (Å²) in [5, 5.41) is 3.04. The van der Waals surface area contributed by atoms with Crippen molar-refractivity contribution in [3.8, 4) is 0 Å². The lowest BCUT2D eigenvalue weighted by Gasteiger charge is -2.16. The smallest absolute Gasteiger partial charge is 0.244 e. The van der Waals surface area contributed by atoms with Crippen molar-refractivity contribution in [3.63, 3.8) is 0 Å². The number of hydrogen-bond donors (Lipinski definition) is 2. The fraction of sp³-hybridized carbons (Fsp3) is 0.615. The third-order valence-corrected chi connectivity index (χ3v) is 4.80. The molecule has 2 N–H and O–H groups in total. The Hall–Kier alpha value is -0.700. The second kappa shape index (κ2) is 8.67. The first-order valence-corrected chi connectivity index (χ1v) is 9.09. The highest BCUT2D eigenvalue weighted by molar-refractivity contribution is 9.10. The maximum atomic E-state index is 12.5. The molecule has 0 saturated heterocycles. The normalized spacial score (nSPS) is 13.1. The molecule has 1 heterocycles. The van der Waals surface area contributed by atoms with Gasteiger partial charge in [0.05, 0.1) is 0 Å². The molecule has 0 amide bonds. The molecule has 0 radical (unpaired) electrons. The monoisotopic (exact) mass is 379 g/mol. The molecule has 0 aliphatic rings. The van der Waals surface area contributed by atoms with Gasteiger partial charge in [0.2, 0.25) is 10.0 Å². The topological polar surface area (TPSA) is 80.3 Å². The van der Waals surface area contributed by atoms with Crippen LogP contribution in [-0.4, -0.2) is 39.7 Å². The second-order valence-corrected chi connectivity index (χ2v) is 7.33. The van der Waals surface area contributed by atoms with E-state index in [2.05, 4.69) is 31.0 Å². The molecule has 1 rings (SSSR count). The van der Waals surface area contributed by atoms with E-state index in [9.17, 15) is 8.42 Å². The Morgan fingerprint density at radius 3 is 2.81 bits per heavy atom. The third-order valence-electron chi connectivity index (χ3n) is 2.76. The van der Waals surface area contributed by atoms with E-state index in [1.54, 1.807) is 26.3 Å². The molecular formula is C13H22BrN3O3S. The van der Waals surface area contributed by atoms with Gasteiger partial charge in [-0.25, -0.2) is 18.1 Å². The Morgan fingerprint density at radius 2 is 2.19 bits per heavy atom. The Bertz CT molecular complexity index is 552. The van der Waals surface area contributed by atoms with Crippen LogP contribution in [-0.2, 0) is 14.8 Å². The average Bonchev–Trinajstić information content (AvgIpc) is 2.43. The number of hydrogen-bond acceptors (Lipinski definition) is 5. The molecule has 0 aromatic carbocycles. The third kappa shape index (κ3) is 5.90. The van der Waals surface area contributed by atoms with Crippen LogP contribution < -0.4 is 10.0 Å². The molecule has 21 heavy (non-hydrogen) atoms. The Labute approximate surface area is 134 Å². The van der Waals surface area contributed by atoms with Gasteiger partial charge < -0.3 is 10.1 Å². The Kier molecular flexibility index (Phi) is 7.58. The summed E-state index contributed by atoms with van der Waals surface area (Å²) in [5.41, 5.74) is 0. The molecule has 8 heteroatoms. The maximum absolute atomic E-state index is 12.5. The first kappa shape index (κ1) is 18.3. The average molecular weight is 380 g/mol. The molecule has 0 bridgehead atoms. The van der Waals surface area contributed by atoms with Crippen molar-refractivity contribution in [2.45, 2.75) is 37.6 Å². The van der Waals surface area contributed by atoms with E-state index in [0.29, 0.717) is 29.9 Å². The van der Waals surface area contributed by atoms with Crippen molar-refractivity contribution in [1.29, 1.82) is 0 Å². The van der Waals surface area contributed by atoms with Crippen molar-refractivity contribution in [1.82, 2.24) is 9.71 Å². The van der Waals surface area contributed by atoms with Crippen LogP contribution in [0.25, 0.3) is 0 Å². The van der Waals surface area contributed by atoms with Gasteiger partial charge in [-0.1, -0.05) is 6.92 Å². The van der Waals surface area contributed by atoms with Crippen molar-refractivity contribution in [3.05, 3.63) is 16.7 Å². The largest absolute Gasteiger partial charge is 0.385 e. The number of halogens is 1. The number of nitrogens with zero attached hydrogens (tertiary/aromatic N) is 1. The summed E-state index contributed by atoms with van der Waals surface area (Å²) in [6.45, 7) is 4.98. The van der Waals surface area contributed by atoms with Gasteiger partial charge in [0.15, 0.2) is 0 Å². The van der Waals surface area contributed by atoms with E-state index in [-0.39, 0.29) is 10.9 Å². The lowest BCUT2D eigenvalue weighted by Crippen LogP contribution is -2.34. The van der Waals surface area contributed by atoms with Crippen molar-refractivity contribution >= 4 is 31.8 Å². The van der Waals surface area contributed by atoms with E-state index in [1.807, 2.05) is 6.92 Å². The summed E-state index contributed by atoms with van der Waals surface area (Å²) < 4.78 is 33.2. The van der Waals surface area contributed by atoms with Gasteiger partial charge in [-0.15, -0.1) is 0 Å². The second-order valence-electron chi connectivity index (χ2n) is 4.73. The lowest BCUT2D eigenvalue weighted by atomic mass is 10.3. The number of sulfonamides is 1. The van der Waals surface area contributed by atoms with Gasteiger partial charge in [0.25, 0.3) is 0 Å². The molecule has 1 unspecified atom stereocenters. The molecule has 0 fully saturated rings. The van der Waals surface area contributed by atoms with Crippen LogP contribution in [0.5, 0.6) is 0 Å². The maximum Gasteiger partial charge on any atom is 0.244 e. The predicted molar refractivity (Wildman–Crippen MR) is 87.0 cm³/mol. The Morgan fingerprint density at radius 1 is 1.48 bits per heavy atom. The van der Waals surface area contributed by atoms with Gasteiger partial charge in [-0.2, -0.15) is 0 Å². The molecule has 0 spiro atoms. The van der Waals surface area contributed by atoms with Crippen LogP contribution in [0, 0.1) is 0 Å². The van der Waals surface area contributed by atoms with E-state index < -0.39 is 10.0 Å². The molecule has 0 aliphatic heterocycles. The zero-order valence-corrected chi connectivity index (χ0v) is 14.9. The summed E-state index contributed by atoms with van der Waals surface area (Å²) in [6, 6.07) is 1.34. The minimum Gasteiger partial charge on any atom is -0.385 e. The molecule has 0 saturated carbocycles. The molecule has 120 valence electrons.